The third-order valence-corrected chi connectivity index (χ3v) is 3.78. The highest BCUT2D eigenvalue weighted by Crippen LogP contribution is 2.17. The molecular formula is C20H22N2O6. The number of ether oxygens (including phenoxy) is 3. The zero-order valence-electron chi connectivity index (χ0n) is 15.9. The van der Waals surface area contributed by atoms with Crippen molar-refractivity contribution in [3.8, 4) is 11.5 Å². The van der Waals surface area contributed by atoms with E-state index in [1.165, 1.54) is 14.0 Å². The van der Waals surface area contributed by atoms with Crippen molar-refractivity contribution in [3.63, 3.8) is 0 Å². The lowest BCUT2D eigenvalue weighted by atomic mass is 10.2. The van der Waals surface area contributed by atoms with Crippen molar-refractivity contribution in [2.75, 3.05) is 26.1 Å². The Morgan fingerprint density at radius 2 is 1.64 bits per heavy atom. The second-order valence-corrected chi connectivity index (χ2v) is 5.73. The lowest BCUT2D eigenvalue weighted by molar-refractivity contribution is -0.152. The van der Waals surface area contributed by atoms with Crippen LogP contribution >= 0.6 is 0 Å². The van der Waals surface area contributed by atoms with Crippen molar-refractivity contribution < 1.29 is 28.6 Å². The molecule has 2 aromatic rings. The molecule has 28 heavy (non-hydrogen) atoms. The molecule has 8 heteroatoms. The molecule has 0 saturated carbocycles. The number of amides is 2. The van der Waals surface area contributed by atoms with Gasteiger partial charge in [0, 0.05) is 5.69 Å². The van der Waals surface area contributed by atoms with Gasteiger partial charge in [-0.25, -0.2) is 0 Å². The van der Waals surface area contributed by atoms with Gasteiger partial charge in [0.05, 0.1) is 19.8 Å². The van der Waals surface area contributed by atoms with E-state index in [-0.39, 0.29) is 6.54 Å². The summed E-state index contributed by atoms with van der Waals surface area (Å²) in [6, 6.07) is 13.3. The van der Waals surface area contributed by atoms with E-state index in [4.69, 9.17) is 14.2 Å². The molecule has 2 amide bonds. The van der Waals surface area contributed by atoms with Gasteiger partial charge in [-0.2, -0.15) is 0 Å². The van der Waals surface area contributed by atoms with Crippen LogP contribution in [0.3, 0.4) is 0 Å². The molecule has 0 spiro atoms. The number of hydrogen-bond acceptors (Lipinski definition) is 6. The second-order valence-electron chi connectivity index (χ2n) is 5.73. The van der Waals surface area contributed by atoms with Gasteiger partial charge in [0.25, 0.3) is 11.8 Å². The van der Waals surface area contributed by atoms with Crippen LogP contribution in [0, 0.1) is 0 Å². The lowest BCUT2D eigenvalue weighted by Gasteiger charge is -2.14. The van der Waals surface area contributed by atoms with Crippen molar-refractivity contribution in [1.82, 2.24) is 5.32 Å². The minimum atomic E-state index is -1.03. The van der Waals surface area contributed by atoms with Crippen molar-refractivity contribution in [3.05, 3.63) is 54.1 Å². The average Bonchev–Trinajstić information content (AvgIpc) is 2.72. The molecule has 0 aromatic heterocycles. The van der Waals surface area contributed by atoms with Crippen molar-refractivity contribution >= 4 is 23.5 Å². The molecular weight excluding hydrogens is 364 g/mol. The molecule has 2 aromatic carbocycles. The van der Waals surface area contributed by atoms with E-state index >= 15 is 0 Å². The first kappa shape index (κ1) is 20.8. The Kier molecular flexibility index (Phi) is 7.38. The Morgan fingerprint density at radius 3 is 2.29 bits per heavy atom. The van der Waals surface area contributed by atoms with E-state index in [0.29, 0.717) is 22.7 Å². The van der Waals surface area contributed by atoms with Crippen LogP contribution in [0.2, 0.25) is 0 Å². The third kappa shape index (κ3) is 5.73. The predicted octanol–water partition coefficient (Wildman–Crippen LogP) is 2.00. The molecule has 0 fully saturated rings. The zero-order valence-corrected chi connectivity index (χ0v) is 15.9. The van der Waals surface area contributed by atoms with E-state index in [9.17, 15) is 14.4 Å². The summed E-state index contributed by atoms with van der Waals surface area (Å²) in [5.74, 6) is -0.663. The van der Waals surface area contributed by atoms with E-state index < -0.39 is 23.9 Å². The standard InChI is InChI=1S/C20H22N2O6/c1-13(19(24)22-14-8-10-15(26-2)11-9-14)28-18(23)12-21-20(25)16-6-4-5-7-17(16)27-3/h4-11,13H,12H2,1-3H3,(H,21,25)(H,22,24)/t13-/m1/s1. The number of rotatable bonds is 8. The fourth-order valence-corrected chi connectivity index (χ4v) is 2.29. The van der Waals surface area contributed by atoms with Gasteiger partial charge in [0.15, 0.2) is 6.10 Å². The molecule has 0 bridgehead atoms. The molecule has 2 rings (SSSR count). The molecule has 148 valence electrons. The van der Waals surface area contributed by atoms with Crippen LogP contribution in [0.5, 0.6) is 11.5 Å². The summed E-state index contributed by atoms with van der Waals surface area (Å²) >= 11 is 0. The topological polar surface area (TPSA) is 103 Å². The maximum atomic E-state index is 12.2. The highest BCUT2D eigenvalue weighted by Gasteiger charge is 2.19. The summed E-state index contributed by atoms with van der Waals surface area (Å²) < 4.78 is 15.2. The Balaban J connectivity index is 1.82. The normalized spacial score (nSPS) is 11.1. The van der Waals surface area contributed by atoms with Gasteiger partial charge in [-0.05, 0) is 43.3 Å². The average molecular weight is 386 g/mol. The van der Waals surface area contributed by atoms with Gasteiger partial charge in [-0.3, -0.25) is 14.4 Å². The van der Waals surface area contributed by atoms with Gasteiger partial charge in [-0.15, -0.1) is 0 Å². The van der Waals surface area contributed by atoms with Crippen LogP contribution in [0.15, 0.2) is 48.5 Å². The molecule has 0 aliphatic carbocycles. The van der Waals surface area contributed by atoms with Gasteiger partial charge >= 0.3 is 5.97 Å². The number of carbonyl (C=O) groups excluding carboxylic acids is 3. The first-order chi connectivity index (χ1) is 13.4. The number of hydrogen-bond donors (Lipinski definition) is 2. The largest absolute Gasteiger partial charge is 0.497 e. The van der Waals surface area contributed by atoms with Gasteiger partial charge in [0.1, 0.15) is 18.0 Å². The highest BCUT2D eigenvalue weighted by molar-refractivity contribution is 5.99. The SMILES string of the molecule is COc1ccc(NC(=O)[C@@H](C)OC(=O)CNC(=O)c2ccccc2OC)cc1. The van der Waals surface area contributed by atoms with Crippen molar-refractivity contribution in [2.24, 2.45) is 0 Å². The van der Waals surface area contributed by atoms with Crippen molar-refractivity contribution in [1.29, 1.82) is 0 Å². The van der Waals surface area contributed by atoms with Gasteiger partial charge in [-0.1, -0.05) is 12.1 Å². The fraction of sp³-hybridized carbons (Fsp3) is 0.250. The minimum absolute atomic E-state index is 0.295. The summed E-state index contributed by atoms with van der Waals surface area (Å²) in [7, 11) is 2.99. The maximum Gasteiger partial charge on any atom is 0.326 e. The molecule has 0 aliphatic rings. The van der Waals surface area contributed by atoms with Crippen LogP contribution in [-0.2, 0) is 14.3 Å². The Morgan fingerprint density at radius 1 is 0.964 bits per heavy atom. The molecule has 0 aliphatic heterocycles. The first-order valence-electron chi connectivity index (χ1n) is 8.50. The van der Waals surface area contributed by atoms with E-state index in [0.717, 1.165) is 0 Å². The van der Waals surface area contributed by atoms with Gasteiger partial charge < -0.3 is 24.8 Å². The molecule has 1 atom stereocenters. The smallest absolute Gasteiger partial charge is 0.326 e. The summed E-state index contributed by atoms with van der Waals surface area (Å²) in [4.78, 5) is 36.2. The highest BCUT2D eigenvalue weighted by atomic mass is 16.5. The van der Waals surface area contributed by atoms with Crippen LogP contribution in [-0.4, -0.2) is 44.7 Å². The summed E-state index contributed by atoms with van der Waals surface area (Å²) in [5, 5.41) is 5.07. The first-order valence-corrected chi connectivity index (χ1v) is 8.50. The Labute approximate surface area is 162 Å². The number of nitrogens with one attached hydrogen (secondary N) is 2. The molecule has 0 unspecified atom stereocenters. The molecule has 0 heterocycles. The molecule has 2 N–H and O–H groups in total. The van der Waals surface area contributed by atoms with E-state index in [1.54, 1.807) is 55.6 Å². The minimum Gasteiger partial charge on any atom is -0.497 e. The zero-order chi connectivity index (χ0) is 20.5. The number of carbonyl (C=O) groups is 3. The number of para-hydroxylation sites is 1. The second kappa shape index (κ2) is 9.96. The summed E-state index contributed by atoms with van der Waals surface area (Å²) in [6.45, 7) is 1.07. The van der Waals surface area contributed by atoms with Crippen LogP contribution in [0.1, 0.15) is 17.3 Å². The van der Waals surface area contributed by atoms with Crippen LogP contribution in [0.25, 0.3) is 0 Å². The molecule has 0 radical (unpaired) electrons. The number of methoxy groups -OCH3 is 2. The Bertz CT molecular complexity index is 835. The number of anilines is 1. The quantitative estimate of drug-likeness (QED) is 0.673. The van der Waals surface area contributed by atoms with Crippen LogP contribution < -0.4 is 20.1 Å². The lowest BCUT2D eigenvalue weighted by Crippen LogP contribution is -2.35. The van der Waals surface area contributed by atoms with E-state index in [1.807, 2.05) is 0 Å². The molecule has 8 nitrogen and oxygen atoms in total. The number of benzene rings is 2. The third-order valence-electron chi connectivity index (χ3n) is 3.78. The van der Waals surface area contributed by atoms with E-state index in [2.05, 4.69) is 10.6 Å². The molecule has 0 saturated heterocycles. The van der Waals surface area contributed by atoms with Crippen LogP contribution in [0.4, 0.5) is 5.69 Å². The maximum absolute atomic E-state index is 12.2. The van der Waals surface area contributed by atoms with Crippen molar-refractivity contribution in [2.45, 2.75) is 13.0 Å². The predicted molar refractivity (Wildman–Crippen MR) is 103 cm³/mol. The fourth-order valence-electron chi connectivity index (χ4n) is 2.29. The monoisotopic (exact) mass is 386 g/mol. The number of esters is 1. The Hall–Kier alpha value is -3.55. The van der Waals surface area contributed by atoms with Gasteiger partial charge in [0.2, 0.25) is 0 Å². The summed E-state index contributed by atoms with van der Waals surface area (Å²) in [5.41, 5.74) is 0.835. The summed E-state index contributed by atoms with van der Waals surface area (Å²) in [6.07, 6.45) is -1.03.